The van der Waals surface area contributed by atoms with Gasteiger partial charge in [0.15, 0.2) is 0 Å². The molecule has 104 valence electrons. The number of carboxylic acids is 1. The van der Waals surface area contributed by atoms with E-state index in [9.17, 15) is 9.59 Å². The number of amides is 2. The predicted octanol–water partition coefficient (Wildman–Crippen LogP) is 0.969. The maximum absolute atomic E-state index is 12.1. The fraction of sp³-hybridized carbons (Fsp3) is 0.818. The van der Waals surface area contributed by atoms with Gasteiger partial charge < -0.3 is 15.2 Å². The molecule has 0 radical (unpaired) electrons. The Morgan fingerprint density at radius 2 is 2.28 bits per heavy atom. The highest BCUT2D eigenvalue weighted by Crippen LogP contribution is 2.31. The summed E-state index contributed by atoms with van der Waals surface area (Å²) in [5.74, 6) is -0.507. The van der Waals surface area contributed by atoms with E-state index in [0.717, 1.165) is 6.42 Å². The monoisotopic (exact) mass is 276 g/mol. The molecule has 0 saturated carbocycles. The van der Waals surface area contributed by atoms with Crippen molar-refractivity contribution in [1.29, 1.82) is 0 Å². The topological polar surface area (TPSA) is 78.9 Å². The number of rotatable bonds is 5. The van der Waals surface area contributed by atoms with Gasteiger partial charge in [0.05, 0.1) is 18.0 Å². The quantitative estimate of drug-likeness (QED) is 0.782. The number of carbonyl (C=O) groups is 2. The summed E-state index contributed by atoms with van der Waals surface area (Å²) in [6.45, 7) is 4.17. The standard InChI is InChI=1S/C11H20N2O4S/c1-4-9-13(8(6-18-9)10(14)15)11(16)12-7(2)5-17-3/h7-9H,4-6H2,1-3H3,(H,12,16)(H,14,15). The van der Waals surface area contributed by atoms with Crippen molar-refractivity contribution in [3.8, 4) is 0 Å². The number of aliphatic carboxylic acids is 1. The SMILES string of the molecule is CCC1SCC(C(=O)O)N1C(=O)NC(C)COC. The fourth-order valence-electron chi connectivity index (χ4n) is 1.92. The molecular formula is C11H20N2O4S. The molecular weight excluding hydrogens is 256 g/mol. The molecule has 1 aliphatic rings. The Morgan fingerprint density at radius 3 is 2.78 bits per heavy atom. The average molecular weight is 276 g/mol. The second-order valence-corrected chi connectivity index (χ2v) is 5.47. The van der Waals surface area contributed by atoms with E-state index in [4.69, 9.17) is 9.84 Å². The lowest BCUT2D eigenvalue weighted by atomic mass is 10.2. The molecule has 7 heteroatoms. The molecule has 0 aromatic rings. The second-order valence-electron chi connectivity index (χ2n) is 4.26. The van der Waals surface area contributed by atoms with Crippen molar-refractivity contribution in [1.82, 2.24) is 10.2 Å². The molecule has 0 bridgehead atoms. The van der Waals surface area contributed by atoms with Crippen LogP contribution >= 0.6 is 11.8 Å². The lowest BCUT2D eigenvalue weighted by Crippen LogP contribution is -2.52. The van der Waals surface area contributed by atoms with Crippen LogP contribution in [0, 0.1) is 0 Å². The number of hydrogen-bond acceptors (Lipinski definition) is 4. The van der Waals surface area contributed by atoms with E-state index >= 15 is 0 Å². The Kier molecular flexibility index (Phi) is 5.74. The summed E-state index contributed by atoms with van der Waals surface area (Å²) in [5, 5.41) is 11.8. The molecule has 6 nitrogen and oxygen atoms in total. The highest BCUT2D eigenvalue weighted by molar-refractivity contribution is 8.00. The number of carboxylic acid groups (broad SMARTS) is 1. The zero-order valence-corrected chi connectivity index (χ0v) is 11.7. The number of carbonyl (C=O) groups excluding carboxylic acids is 1. The van der Waals surface area contributed by atoms with E-state index in [-0.39, 0.29) is 17.4 Å². The molecule has 1 heterocycles. The van der Waals surface area contributed by atoms with Crippen molar-refractivity contribution in [3.63, 3.8) is 0 Å². The minimum Gasteiger partial charge on any atom is -0.480 e. The lowest BCUT2D eigenvalue weighted by Gasteiger charge is -2.28. The third kappa shape index (κ3) is 3.52. The van der Waals surface area contributed by atoms with E-state index in [2.05, 4.69) is 5.32 Å². The molecule has 1 saturated heterocycles. The van der Waals surface area contributed by atoms with E-state index < -0.39 is 12.0 Å². The summed E-state index contributed by atoms with van der Waals surface area (Å²) in [4.78, 5) is 24.7. The first-order chi connectivity index (χ1) is 8.51. The summed E-state index contributed by atoms with van der Waals surface area (Å²) < 4.78 is 4.94. The molecule has 3 unspecified atom stereocenters. The van der Waals surface area contributed by atoms with Crippen molar-refractivity contribution in [3.05, 3.63) is 0 Å². The first-order valence-electron chi connectivity index (χ1n) is 5.93. The molecule has 2 N–H and O–H groups in total. The maximum atomic E-state index is 12.1. The summed E-state index contributed by atoms with van der Waals surface area (Å²) in [6, 6.07) is -1.21. The second kappa shape index (κ2) is 6.84. The molecule has 3 atom stereocenters. The first kappa shape index (κ1) is 15.1. The van der Waals surface area contributed by atoms with E-state index in [1.807, 2.05) is 13.8 Å². The van der Waals surface area contributed by atoms with Crippen LogP contribution in [0.2, 0.25) is 0 Å². The Bertz CT molecular complexity index is 313. The Balaban J connectivity index is 2.69. The van der Waals surface area contributed by atoms with Gasteiger partial charge in [0, 0.05) is 12.9 Å². The number of nitrogens with one attached hydrogen (secondary N) is 1. The minimum atomic E-state index is -0.951. The average Bonchev–Trinajstić information content (AvgIpc) is 2.72. The van der Waals surface area contributed by atoms with Crippen LogP contribution in [0.3, 0.4) is 0 Å². The summed E-state index contributed by atoms with van der Waals surface area (Å²) >= 11 is 1.51. The van der Waals surface area contributed by atoms with Crippen LogP contribution in [0.4, 0.5) is 4.79 Å². The van der Waals surface area contributed by atoms with Gasteiger partial charge in [-0.15, -0.1) is 11.8 Å². The zero-order valence-electron chi connectivity index (χ0n) is 10.9. The van der Waals surface area contributed by atoms with Gasteiger partial charge in [-0.1, -0.05) is 6.92 Å². The highest BCUT2D eigenvalue weighted by Gasteiger charge is 2.41. The Morgan fingerprint density at radius 1 is 1.61 bits per heavy atom. The lowest BCUT2D eigenvalue weighted by molar-refractivity contribution is -0.141. The van der Waals surface area contributed by atoms with Crippen LogP contribution in [-0.2, 0) is 9.53 Å². The van der Waals surface area contributed by atoms with Crippen LogP contribution in [0.5, 0.6) is 0 Å². The van der Waals surface area contributed by atoms with Gasteiger partial charge in [-0.25, -0.2) is 9.59 Å². The van der Waals surface area contributed by atoms with Gasteiger partial charge in [0.2, 0.25) is 0 Å². The maximum Gasteiger partial charge on any atom is 0.327 e. The van der Waals surface area contributed by atoms with E-state index in [1.165, 1.54) is 16.7 Å². The predicted molar refractivity (Wildman–Crippen MR) is 69.7 cm³/mol. The van der Waals surface area contributed by atoms with Gasteiger partial charge >= 0.3 is 12.0 Å². The van der Waals surface area contributed by atoms with Crippen molar-refractivity contribution in [2.24, 2.45) is 0 Å². The molecule has 2 amide bonds. The molecule has 1 rings (SSSR count). The van der Waals surface area contributed by atoms with Gasteiger partial charge in [0.25, 0.3) is 0 Å². The van der Waals surface area contributed by atoms with Crippen LogP contribution in [0.1, 0.15) is 20.3 Å². The Hall–Kier alpha value is -0.950. The van der Waals surface area contributed by atoms with E-state index in [0.29, 0.717) is 12.4 Å². The van der Waals surface area contributed by atoms with Crippen LogP contribution in [-0.4, -0.2) is 58.9 Å². The van der Waals surface area contributed by atoms with Crippen LogP contribution in [0.15, 0.2) is 0 Å². The third-order valence-corrected chi connectivity index (χ3v) is 4.20. The van der Waals surface area contributed by atoms with E-state index in [1.54, 1.807) is 7.11 Å². The number of ether oxygens (including phenoxy) is 1. The smallest absolute Gasteiger partial charge is 0.327 e. The van der Waals surface area contributed by atoms with Crippen LogP contribution < -0.4 is 5.32 Å². The number of methoxy groups -OCH3 is 1. The molecule has 1 aliphatic heterocycles. The normalized spacial score (nSPS) is 24.9. The van der Waals surface area contributed by atoms with Gasteiger partial charge in [-0.2, -0.15) is 0 Å². The molecule has 0 aromatic heterocycles. The number of thioether (sulfide) groups is 1. The fourth-order valence-corrected chi connectivity index (χ4v) is 3.26. The van der Waals surface area contributed by atoms with Gasteiger partial charge in [-0.05, 0) is 13.3 Å². The molecule has 0 spiro atoms. The third-order valence-electron chi connectivity index (χ3n) is 2.75. The van der Waals surface area contributed by atoms with Gasteiger partial charge in [0.1, 0.15) is 6.04 Å². The molecule has 0 aromatic carbocycles. The van der Waals surface area contributed by atoms with Crippen molar-refractivity contribution in [2.45, 2.75) is 37.7 Å². The summed E-state index contributed by atoms with van der Waals surface area (Å²) in [7, 11) is 1.56. The van der Waals surface area contributed by atoms with Crippen molar-refractivity contribution >= 4 is 23.8 Å². The largest absolute Gasteiger partial charge is 0.480 e. The minimum absolute atomic E-state index is 0.0687. The summed E-state index contributed by atoms with van der Waals surface area (Å²) in [5.41, 5.74) is 0. The van der Waals surface area contributed by atoms with Crippen molar-refractivity contribution < 1.29 is 19.4 Å². The van der Waals surface area contributed by atoms with Crippen molar-refractivity contribution in [2.75, 3.05) is 19.5 Å². The molecule has 0 aliphatic carbocycles. The molecule has 1 fully saturated rings. The molecule has 18 heavy (non-hydrogen) atoms. The van der Waals surface area contributed by atoms with Gasteiger partial charge in [-0.3, -0.25) is 4.90 Å². The first-order valence-corrected chi connectivity index (χ1v) is 6.98. The number of hydrogen-bond donors (Lipinski definition) is 2. The number of urea groups is 1. The summed E-state index contributed by atoms with van der Waals surface area (Å²) in [6.07, 6.45) is 0.737. The van der Waals surface area contributed by atoms with Crippen LogP contribution in [0.25, 0.3) is 0 Å². The highest BCUT2D eigenvalue weighted by atomic mass is 32.2. The Labute approximate surface area is 111 Å². The number of nitrogens with zero attached hydrogens (tertiary/aromatic N) is 1. The zero-order chi connectivity index (χ0) is 13.7.